The number of hydrogen-bond acceptors (Lipinski definition) is 4. The van der Waals surface area contributed by atoms with Crippen LogP contribution in [0.25, 0.3) is 0 Å². The highest BCUT2D eigenvalue weighted by Crippen LogP contribution is 2.18. The summed E-state index contributed by atoms with van der Waals surface area (Å²) >= 11 is 0. The molecule has 0 unspecified atom stereocenters. The van der Waals surface area contributed by atoms with E-state index in [1.807, 2.05) is 0 Å². The normalized spacial score (nSPS) is 9.54. The van der Waals surface area contributed by atoms with E-state index < -0.39 is 22.3 Å². The third-order valence-corrected chi connectivity index (χ3v) is 1.36. The van der Waals surface area contributed by atoms with Gasteiger partial charge in [0.15, 0.2) is 6.29 Å². The Morgan fingerprint density at radius 3 is 2.62 bits per heavy atom. The van der Waals surface area contributed by atoms with E-state index >= 15 is 0 Å². The van der Waals surface area contributed by atoms with Crippen LogP contribution < -0.4 is 0 Å². The first kappa shape index (κ1) is 8.91. The third kappa shape index (κ3) is 1.53. The third-order valence-electron chi connectivity index (χ3n) is 1.36. The molecule has 0 bridgehead atoms. The first-order chi connectivity index (χ1) is 6.06. The molecule has 0 aliphatic heterocycles. The van der Waals surface area contributed by atoms with Crippen molar-refractivity contribution in [3.05, 3.63) is 27.6 Å². The van der Waals surface area contributed by atoms with Gasteiger partial charge in [-0.3, -0.25) is 14.9 Å². The lowest BCUT2D eigenvalue weighted by Gasteiger charge is -1.87. The minimum Gasteiger partial charge on any atom is -0.476 e. The van der Waals surface area contributed by atoms with Gasteiger partial charge in [0.2, 0.25) is 5.69 Å². The molecule has 0 saturated carbocycles. The fraction of sp³-hybridized carbons (Fsp3) is 0. The van der Waals surface area contributed by atoms with E-state index in [0.717, 1.165) is 6.07 Å². The minimum atomic E-state index is -1.47. The summed E-state index contributed by atoms with van der Waals surface area (Å²) in [6.07, 6.45) is 0.305. The fourth-order valence-electron chi connectivity index (χ4n) is 0.834. The maximum Gasteiger partial charge on any atom is 0.359 e. The number of carboxylic acids is 1. The molecule has 0 spiro atoms. The lowest BCUT2D eigenvalue weighted by molar-refractivity contribution is -0.385. The molecule has 0 atom stereocenters. The Hall–Kier alpha value is -2.18. The van der Waals surface area contributed by atoms with Gasteiger partial charge in [-0.25, -0.2) is 4.79 Å². The maximum absolute atomic E-state index is 10.4. The smallest absolute Gasteiger partial charge is 0.359 e. The second-order valence-corrected chi connectivity index (χ2v) is 2.17. The van der Waals surface area contributed by atoms with Gasteiger partial charge in [-0.05, 0) is 0 Å². The summed E-state index contributed by atoms with van der Waals surface area (Å²) < 4.78 is 0. The van der Waals surface area contributed by atoms with Crippen molar-refractivity contribution in [1.82, 2.24) is 4.98 Å². The fourth-order valence-corrected chi connectivity index (χ4v) is 0.834. The van der Waals surface area contributed by atoms with Gasteiger partial charge < -0.3 is 10.1 Å². The largest absolute Gasteiger partial charge is 0.476 e. The molecule has 1 aromatic rings. The van der Waals surface area contributed by atoms with E-state index in [1.54, 1.807) is 0 Å². The number of nitrogens with zero attached hydrogens (tertiary/aromatic N) is 1. The maximum atomic E-state index is 10.4. The van der Waals surface area contributed by atoms with Gasteiger partial charge >= 0.3 is 11.7 Å². The molecule has 1 rings (SSSR count). The molecule has 13 heavy (non-hydrogen) atoms. The molecular formula is C6H4N2O5. The standard InChI is InChI=1S/C6H4N2O5/c9-2-3-1-4(8(12)13)5(7-3)6(10)11/h1-2,7H,(H,10,11). The Labute approximate surface area is 71.1 Å². The number of carbonyl (C=O) groups excluding carboxylic acids is 1. The van der Waals surface area contributed by atoms with E-state index in [-0.39, 0.29) is 5.69 Å². The molecule has 1 aromatic heterocycles. The number of aldehydes is 1. The Morgan fingerprint density at radius 1 is 1.69 bits per heavy atom. The van der Waals surface area contributed by atoms with Gasteiger partial charge in [-0.1, -0.05) is 0 Å². The van der Waals surface area contributed by atoms with Crippen molar-refractivity contribution in [2.45, 2.75) is 0 Å². The van der Waals surface area contributed by atoms with Gasteiger partial charge in [0.1, 0.15) is 0 Å². The zero-order valence-electron chi connectivity index (χ0n) is 6.18. The molecular weight excluding hydrogens is 180 g/mol. The Kier molecular flexibility index (Phi) is 2.09. The number of hydrogen-bond donors (Lipinski definition) is 2. The average Bonchev–Trinajstić information content (AvgIpc) is 2.47. The second kappa shape index (κ2) is 3.05. The van der Waals surface area contributed by atoms with E-state index in [4.69, 9.17) is 5.11 Å². The SMILES string of the molecule is O=Cc1cc([N+](=O)[O-])c(C(=O)O)[nH]1. The van der Waals surface area contributed by atoms with Gasteiger partial charge in [0, 0.05) is 6.07 Å². The van der Waals surface area contributed by atoms with E-state index in [1.165, 1.54) is 0 Å². The van der Waals surface area contributed by atoms with Crippen molar-refractivity contribution in [3.8, 4) is 0 Å². The summed E-state index contributed by atoms with van der Waals surface area (Å²) in [6, 6.07) is 0.871. The van der Waals surface area contributed by atoms with Crippen LogP contribution in [-0.4, -0.2) is 27.3 Å². The van der Waals surface area contributed by atoms with Gasteiger partial charge in [-0.2, -0.15) is 0 Å². The van der Waals surface area contributed by atoms with Crippen molar-refractivity contribution in [1.29, 1.82) is 0 Å². The molecule has 1 heterocycles. The highest BCUT2D eigenvalue weighted by Gasteiger charge is 2.23. The number of aromatic amines is 1. The molecule has 68 valence electrons. The Morgan fingerprint density at radius 2 is 2.31 bits per heavy atom. The number of nitro groups is 1. The van der Waals surface area contributed by atoms with Crippen LogP contribution in [0.4, 0.5) is 5.69 Å². The predicted octanol–water partition coefficient (Wildman–Crippen LogP) is 0.434. The van der Waals surface area contributed by atoms with E-state index in [0.29, 0.717) is 6.29 Å². The number of carbonyl (C=O) groups is 2. The predicted molar refractivity (Wildman–Crippen MR) is 39.8 cm³/mol. The molecule has 0 aliphatic rings. The topological polar surface area (TPSA) is 113 Å². The second-order valence-electron chi connectivity index (χ2n) is 2.17. The van der Waals surface area contributed by atoms with Crippen LogP contribution in [0.5, 0.6) is 0 Å². The van der Waals surface area contributed by atoms with Crippen molar-refractivity contribution >= 4 is 17.9 Å². The number of carboxylic acid groups (broad SMARTS) is 1. The quantitative estimate of drug-likeness (QED) is 0.401. The summed E-state index contributed by atoms with van der Waals surface area (Å²) in [5.41, 5.74) is -1.34. The van der Waals surface area contributed by atoms with Crippen LogP contribution in [-0.2, 0) is 0 Å². The first-order valence-electron chi connectivity index (χ1n) is 3.12. The molecule has 0 saturated heterocycles. The first-order valence-corrected chi connectivity index (χ1v) is 3.12. The summed E-state index contributed by atoms with van der Waals surface area (Å²) in [5.74, 6) is -1.47. The molecule has 7 heteroatoms. The molecule has 0 aliphatic carbocycles. The lowest BCUT2D eigenvalue weighted by atomic mass is 10.3. The lowest BCUT2D eigenvalue weighted by Crippen LogP contribution is -2.01. The Balaban J connectivity index is 3.31. The highest BCUT2D eigenvalue weighted by molar-refractivity contribution is 5.92. The monoisotopic (exact) mass is 184 g/mol. The van der Waals surface area contributed by atoms with Gasteiger partial charge in [0.25, 0.3) is 0 Å². The van der Waals surface area contributed by atoms with Crippen LogP contribution in [0.3, 0.4) is 0 Å². The summed E-state index contributed by atoms with van der Waals surface area (Å²) in [4.78, 5) is 32.1. The average molecular weight is 184 g/mol. The zero-order chi connectivity index (χ0) is 10.0. The number of aromatic nitrogens is 1. The molecule has 0 amide bonds. The number of nitrogens with one attached hydrogen (secondary N) is 1. The number of rotatable bonds is 3. The summed E-state index contributed by atoms with van der Waals surface area (Å²) in [7, 11) is 0. The van der Waals surface area contributed by atoms with Gasteiger partial charge in [-0.15, -0.1) is 0 Å². The highest BCUT2D eigenvalue weighted by atomic mass is 16.6. The van der Waals surface area contributed by atoms with E-state index in [9.17, 15) is 19.7 Å². The van der Waals surface area contributed by atoms with Crippen LogP contribution >= 0.6 is 0 Å². The summed E-state index contributed by atoms with van der Waals surface area (Å²) in [5, 5.41) is 18.7. The number of aromatic carboxylic acids is 1. The molecule has 0 radical (unpaired) electrons. The van der Waals surface area contributed by atoms with Crippen LogP contribution in [0, 0.1) is 10.1 Å². The van der Waals surface area contributed by atoms with Crippen molar-refractivity contribution in [2.24, 2.45) is 0 Å². The minimum absolute atomic E-state index is 0.135. The van der Waals surface area contributed by atoms with Crippen LogP contribution in [0.1, 0.15) is 21.0 Å². The van der Waals surface area contributed by atoms with Crippen molar-refractivity contribution in [3.63, 3.8) is 0 Å². The van der Waals surface area contributed by atoms with Crippen LogP contribution in [0.15, 0.2) is 6.07 Å². The van der Waals surface area contributed by atoms with Crippen molar-refractivity contribution < 1.29 is 19.6 Å². The van der Waals surface area contributed by atoms with Gasteiger partial charge in [0.05, 0.1) is 10.6 Å². The molecule has 0 fully saturated rings. The number of H-pyrrole nitrogens is 1. The molecule has 0 aromatic carbocycles. The van der Waals surface area contributed by atoms with Crippen molar-refractivity contribution in [2.75, 3.05) is 0 Å². The zero-order valence-corrected chi connectivity index (χ0v) is 6.18. The van der Waals surface area contributed by atoms with Crippen LogP contribution in [0.2, 0.25) is 0 Å². The molecule has 7 nitrogen and oxygen atoms in total. The Bertz CT molecular complexity index is 349. The molecule has 2 N–H and O–H groups in total. The summed E-state index contributed by atoms with van der Waals surface area (Å²) in [6.45, 7) is 0. The van der Waals surface area contributed by atoms with E-state index in [2.05, 4.69) is 4.98 Å².